The first-order valence-corrected chi connectivity index (χ1v) is 12.1. The number of pyridine rings is 1. The number of carbonyl (C=O) groups excluding carboxylic acids is 1. The molecule has 4 rings (SSSR count). The molecule has 0 radical (unpaired) electrons. The summed E-state index contributed by atoms with van der Waals surface area (Å²) in [6.07, 6.45) is 2.84. The molecule has 1 aromatic heterocycles. The molecule has 1 atom stereocenters. The van der Waals surface area contributed by atoms with Crippen LogP contribution in [0.1, 0.15) is 47.2 Å². The van der Waals surface area contributed by atoms with Gasteiger partial charge in [0.1, 0.15) is 28.5 Å². The number of hydrogen-bond acceptors (Lipinski definition) is 8. The second kappa shape index (κ2) is 10.0. The van der Waals surface area contributed by atoms with E-state index in [0.29, 0.717) is 16.3 Å². The molecule has 7 nitrogen and oxygen atoms in total. The number of hydrogen-bond donors (Lipinski definition) is 1. The summed E-state index contributed by atoms with van der Waals surface area (Å²) < 4.78 is 11.2. The number of nitrogens with two attached hydrogens (primary N) is 1. The van der Waals surface area contributed by atoms with Crippen molar-refractivity contribution in [2.24, 2.45) is 5.73 Å². The van der Waals surface area contributed by atoms with Crippen molar-refractivity contribution in [3.05, 3.63) is 81.1 Å². The maximum atomic E-state index is 13.1. The van der Waals surface area contributed by atoms with Gasteiger partial charge in [0.05, 0.1) is 29.4 Å². The fourth-order valence-corrected chi connectivity index (χ4v) is 5.27. The number of aryl methyl sites for hydroxylation is 3. The van der Waals surface area contributed by atoms with Crippen molar-refractivity contribution in [3.8, 4) is 12.1 Å². The van der Waals surface area contributed by atoms with Crippen LogP contribution in [0.5, 0.6) is 0 Å². The van der Waals surface area contributed by atoms with E-state index in [9.17, 15) is 15.3 Å². The van der Waals surface area contributed by atoms with Gasteiger partial charge in [0, 0.05) is 5.69 Å². The number of nitriles is 2. The molecule has 0 saturated carbocycles. The van der Waals surface area contributed by atoms with Gasteiger partial charge in [-0.15, -0.1) is 0 Å². The lowest BCUT2D eigenvalue weighted by Gasteiger charge is -2.29. The first kappa shape index (κ1) is 23.4. The second-order valence-corrected chi connectivity index (χ2v) is 9.00. The third-order valence-corrected chi connectivity index (χ3v) is 6.96. The molecule has 0 saturated heterocycles. The van der Waals surface area contributed by atoms with Gasteiger partial charge < -0.3 is 15.2 Å². The van der Waals surface area contributed by atoms with Crippen LogP contribution in [0.3, 0.4) is 0 Å². The number of allylic oxidation sites excluding steroid dienone is 1. The Labute approximate surface area is 202 Å². The molecule has 2 N–H and O–H groups in total. The van der Waals surface area contributed by atoms with Crippen LogP contribution < -0.4 is 5.73 Å². The zero-order valence-electron chi connectivity index (χ0n) is 19.1. The van der Waals surface area contributed by atoms with Crippen molar-refractivity contribution in [1.29, 1.82) is 10.5 Å². The molecule has 0 amide bonds. The average Bonchev–Trinajstić information content (AvgIpc) is 3.29. The van der Waals surface area contributed by atoms with E-state index in [2.05, 4.69) is 12.1 Å². The van der Waals surface area contributed by atoms with E-state index >= 15 is 0 Å². The lowest BCUT2D eigenvalue weighted by molar-refractivity contribution is -0.139. The van der Waals surface area contributed by atoms with Crippen molar-refractivity contribution >= 4 is 17.7 Å². The summed E-state index contributed by atoms with van der Waals surface area (Å²) in [5.41, 5.74) is 10.9. The Morgan fingerprint density at radius 3 is 2.79 bits per heavy atom. The molecule has 2 aliphatic rings. The zero-order chi connectivity index (χ0) is 24.2. The van der Waals surface area contributed by atoms with E-state index in [4.69, 9.17) is 20.2 Å². The number of esters is 1. The number of benzene rings is 1. The number of nitrogens with zero attached hydrogens (tertiary/aromatic N) is 3. The fraction of sp³-hybridized carbons (Fsp3) is 0.308. The number of aromatic nitrogens is 1. The Kier molecular flexibility index (Phi) is 6.90. The fourth-order valence-electron chi connectivity index (χ4n) is 4.36. The Hall–Kier alpha value is -3.75. The minimum atomic E-state index is -0.710. The predicted octanol–water partition coefficient (Wildman–Crippen LogP) is 4.17. The maximum absolute atomic E-state index is 13.1. The summed E-state index contributed by atoms with van der Waals surface area (Å²) in [7, 11) is 0. The van der Waals surface area contributed by atoms with E-state index in [1.54, 1.807) is 6.92 Å². The van der Waals surface area contributed by atoms with Gasteiger partial charge in [0.15, 0.2) is 0 Å². The number of carbonyl (C=O) groups is 1. The monoisotopic (exact) mass is 472 g/mol. The van der Waals surface area contributed by atoms with Gasteiger partial charge >= 0.3 is 5.97 Å². The van der Waals surface area contributed by atoms with E-state index in [0.717, 1.165) is 41.6 Å². The topological polar surface area (TPSA) is 122 Å². The quantitative estimate of drug-likeness (QED) is 0.491. The lowest BCUT2D eigenvalue weighted by Crippen LogP contribution is -2.27. The van der Waals surface area contributed by atoms with Crippen molar-refractivity contribution in [3.63, 3.8) is 0 Å². The summed E-state index contributed by atoms with van der Waals surface area (Å²) in [5, 5.41) is 20.1. The maximum Gasteiger partial charge on any atom is 0.338 e. The molecule has 0 bridgehead atoms. The molecule has 1 unspecified atom stereocenters. The third-order valence-electron chi connectivity index (χ3n) is 5.97. The minimum absolute atomic E-state index is 0.0400. The first-order chi connectivity index (χ1) is 16.5. The van der Waals surface area contributed by atoms with E-state index in [1.807, 2.05) is 37.3 Å². The van der Waals surface area contributed by atoms with Crippen LogP contribution in [-0.4, -0.2) is 23.3 Å². The molecule has 1 aliphatic heterocycles. The summed E-state index contributed by atoms with van der Waals surface area (Å²) >= 11 is 1.31. The summed E-state index contributed by atoms with van der Waals surface area (Å²) in [6.45, 7) is 3.82. The molecule has 0 fully saturated rings. The minimum Gasteiger partial charge on any atom is -0.463 e. The van der Waals surface area contributed by atoms with Gasteiger partial charge in [-0.1, -0.05) is 36.0 Å². The number of fused-ring (bicyclic) bond motifs is 1. The molecule has 172 valence electrons. The van der Waals surface area contributed by atoms with Crippen molar-refractivity contribution in [2.75, 3.05) is 12.4 Å². The van der Waals surface area contributed by atoms with Gasteiger partial charge in [0.25, 0.3) is 0 Å². The molecule has 2 aromatic rings. The summed E-state index contributed by atoms with van der Waals surface area (Å²) in [4.78, 5) is 17.9. The zero-order valence-corrected chi connectivity index (χ0v) is 19.9. The average molecular weight is 473 g/mol. The molecular weight excluding hydrogens is 448 g/mol. The summed E-state index contributed by atoms with van der Waals surface area (Å²) in [6, 6.07) is 13.8. The number of ether oxygens (including phenoxy) is 2. The van der Waals surface area contributed by atoms with Crippen LogP contribution in [0.15, 0.2) is 58.1 Å². The predicted molar refractivity (Wildman–Crippen MR) is 127 cm³/mol. The van der Waals surface area contributed by atoms with Gasteiger partial charge in [-0.3, -0.25) is 0 Å². The van der Waals surface area contributed by atoms with Gasteiger partial charge in [-0.2, -0.15) is 10.5 Å². The molecule has 0 spiro atoms. The Morgan fingerprint density at radius 2 is 2.09 bits per heavy atom. The Bertz CT molecular complexity index is 1300. The van der Waals surface area contributed by atoms with Crippen LogP contribution in [0.4, 0.5) is 0 Å². The molecule has 1 aliphatic carbocycles. The summed E-state index contributed by atoms with van der Waals surface area (Å²) in [5.74, 6) is -0.801. The van der Waals surface area contributed by atoms with Crippen LogP contribution in [0, 0.1) is 29.6 Å². The lowest BCUT2D eigenvalue weighted by atomic mass is 9.81. The van der Waals surface area contributed by atoms with Crippen molar-refractivity contribution in [1.82, 2.24) is 4.98 Å². The van der Waals surface area contributed by atoms with Crippen LogP contribution in [0.2, 0.25) is 0 Å². The van der Waals surface area contributed by atoms with Crippen LogP contribution in [0.25, 0.3) is 0 Å². The second-order valence-electron chi connectivity index (χ2n) is 8.04. The SMILES string of the molecule is CCOC(=O)C1=C(CSc2nc3c(cc2C#N)CCC3)OC(N)=C(C#N)C1c1ccccc1C. The number of rotatable bonds is 6. The largest absolute Gasteiger partial charge is 0.463 e. The van der Waals surface area contributed by atoms with E-state index < -0.39 is 11.9 Å². The van der Waals surface area contributed by atoms with Crippen molar-refractivity contribution in [2.45, 2.75) is 44.1 Å². The highest BCUT2D eigenvalue weighted by molar-refractivity contribution is 7.99. The molecule has 34 heavy (non-hydrogen) atoms. The van der Waals surface area contributed by atoms with Gasteiger partial charge in [0.2, 0.25) is 5.88 Å². The highest BCUT2D eigenvalue weighted by Gasteiger charge is 2.38. The molecule has 8 heteroatoms. The Balaban J connectivity index is 1.78. The van der Waals surface area contributed by atoms with Gasteiger partial charge in [-0.05, 0) is 55.9 Å². The van der Waals surface area contributed by atoms with E-state index in [1.165, 1.54) is 11.8 Å². The first-order valence-electron chi connectivity index (χ1n) is 11.1. The van der Waals surface area contributed by atoms with E-state index in [-0.39, 0.29) is 29.4 Å². The highest BCUT2D eigenvalue weighted by atomic mass is 32.2. The highest BCUT2D eigenvalue weighted by Crippen LogP contribution is 2.42. The normalized spacial score (nSPS) is 17.0. The van der Waals surface area contributed by atoms with Crippen LogP contribution in [-0.2, 0) is 27.1 Å². The third kappa shape index (κ3) is 4.37. The molecule has 1 aromatic carbocycles. The Morgan fingerprint density at radius 1 is 1.29 bits per heavy atom. The molecule has 2 heterocycles. The molecular formula is C26H24N4O3S. The van der Waals surface area contributed by atoms with Crippen LogP contribution >= 0.6 is 11.8 Å². The smallest absolute Gasteiger partial charge is 0.338 e. The van der Waals surface area contributed by atoms with Gasteiger partial charge in [-0.25, -0.2) is 9.78 Å². The standard InChI is InChI=1S/C26H24N4O3S/c1-3-32-26(31)23-21(14-34-25-17(12-27)11-16-8-6-10-20(16)30-25)33-24(29)19(13-28)22(23)18-9-5-4-7-15(18)2/h4-5,7,9,11,22H,3,6,8,10,14,29H2,1-2H3. The number of thioether (sulfide) groups is 1. The van der Waals surface area contributed by atoms with Crippen molar-refractivity contribution < 1.29 is 14.3 Å².